The highest BCUT2D eigenvalue weighted by Crippen LogP contribution is 2.22. The number of nitrogens with one attached hydrogen (secondary N) is 1. The number of aryl methyl sites for hydroxylation is 1. The van der Waals surface area contributed by atoms with Gasteiger partial charge in [0, 0.05) is 37.6 Å². The van der Waals surface area contributed by atoms with Crippen molar-refractivity contribution in [3.05, 3.63) is 35.4 Å². The molecule has 0 amide bonds. The fourth-order valence-electron chi connectivity index (χ4n) is 1.42. The van der Waals surface area contributed by atoms with Crippen molar-refractivity contribution in [1.82, 2.24) is 0 Å². The molecule has 0 aliphatic rings. The molecule has 1 aromatic carbocycles. The van der Waals surface area contributed by atoms with E-state index in [9.17, 15) is 0 Å². The lowest BCUT2D eigenvalue weighted by Gasteiger charge is -2.17. The van der Waals surface area contributed by atoms with Crippen molar-refractivity contribution in [2.45, 2.75) is 6.92 Å². The van der Waals surface area contributed by atoms with Gasteiger partial charge in [0.05, 0.1) is 0 Å². The summed E-state index contributed by atoms with van der Waals surface area (Å²) in [5, 5.41) is 3.27. The van der Waals surface area contributed by atoms with Crippen molar-refractivity contribution in [2.24, 2.45) is 0 Å². The quantitative estimate of drug-likeness (QED) is 0.845. The third-order valence-electron chi connectivity index (χ3n) is 2.20. The molecule has 82 valence electrons. The Morgan fingerprint density at radius 3 is 2.73 bits per heavy atom. The first kappa shape index (κ1) is 11.9. The van der Waals surface area contributed by atoms with E-state index in [4.69, 9.17) is 11.6 Å². The average Bonchev–Trinajstić information content (AvgIpc) is 2.20. The minimum Gasteiger partial charge on any atom is -0.381 e. The number of hydrogen-bond acceptors (Lipinski definition) is 2. The van der Waals surface area contributed by atoms with Gasteiger partial charge in [-0.15, -0.1) is 0 Å². The second-order valence-corrected chi connectivity index (χ2v) is 3.89. The lowest BCUT2D eigenvalue weighted by molar-refractivity contribution is 1.11. The Bertz CT molecular complexity index is 345. The summed E-state index contributed by atoms with van der Waals surface area (Å²) >= 11 is 5.45. The second kappa shape index (κ2) is 5.66. The summed E-state index contributed by atoms with van der Waals surface area (Å²) in [6.45, 7) is 2.86. The third kappa shape index (κ3) is 3.48. The van der Waals surface area contributed by atoms with Crippen molar-refractivity contribution in [3.8, 4) is 0 Å². The summed E-state index contributed by atoms with van der Waals surface area (Å²) in [5.74, 6) is 0. The van der Waals surface area contributed by atoms with Gasteiger partial charge in [-0.05, 0) is 24.6 Å². The van der Waals surface area contributed by atoms with Crippen molar-refractivity contribution in [2.75, 3.05) is 30.9 Å². The van der Waals surface area contributed by atoms with Crippen LogP contribution in [0.5, 0.6) is 0 Å². The second-order valence-electron chi connectivity index (χ2n) is 3.64. The van der Waals surface area contributed by atoms with E-state index >= 15 is 0 Å². The van der Waals surface area contributed by atoms with E-state index < -0.39 is 0 Å². The van der Waals surface area contributed by atoms with Gasteiger partial charge in [-0.2, -0.15) is 0 Å². The highest BCUT2D eigenvalue weighted by atomic mass is 35.5. The number of anilines is 2. The molecular formula is C12H17ClN2. The number of hydrogen-bond donors (Lipinski definition) is 1. The van der Waals surface area contributed by atoms with Crippen molar-refractivity contribution >= 4 is 23.0 Å². The molecule has 0 heterocycles. The van der Waals surface area contributed by atoms with Crippen LogP contribution in [0.2, 0.25) is 0 Å². The van der Waals surface area contributed by atoms with Crippen LogP contribution in [-0.4, -0.2) is 20.6 Å². The molecular weight excluding hydrogens is 208 g/mol. The molecule has 0 unspecified atom stereocenters. The summed E-state index contributed by atoms with van der Waals surface area (Å²) in [5.41, 5.74) is 5.14. The van der Waals surface area contributed by atoms with Crippen LogP contribution in [0.15, 0.2) is 29.8 Å². The van der Waals surface area contributed by atoms with Gasteiger partial charge in [0.2, 0.25) is 0 Å². The van der Waals surface area contributed by atoms with Crippen LogP contribution in [0.1, 0.15) is 5.56 Å². The van der Waals surface area contributed by atoms with E-state index in [1.807, 2.05) is 20.2 Å². The first-order chi connectivity index (χ1) is 7.15. The molecule has 0 atom stereocenters. The predicted molar refractivity (Wildman–Crippen MR) is 69.0 cm³/mol. The van der Waals surface area contributed by atoms with Gasteiger partial charge in [0.25, 0.3) is 0 Å². The van der Waals surface area contributed by atoms with E-state index in [1.54, 1.807) is 0 Å². The van der Waals surface area contributed by atoms with Gasteiger partial charge >= 0.3 is 0 Å². The molecule has 1 aromatic rings. The normalized spacial score (nSPS) is 10.7. The van der Waals surface area contributed by atoms with Gasteiger partial charge < -0.3 is 10.2 Å². The van der Waals surface area contributed by atoms with Gasteiger partial charge in [0.1, 0.15) is 0 Å². The SMILES string of the molecule is Cc1ccc(NC/C=C/Cl)cc1N(C)C. The number of nitrogens with zero attached hydrogens (tertiary/aromatic N) is 1. The van der Waals surface area contributed by atoms with Gasteiger partial charge in [0.15, 0.2) is 0 Å². The summed E-state index contributed by atoms with van der Waals surface area (Å²) in [6, 6.07) is 6.32. The largest absolute Gasteiger partial charge is 0.381 e. The Kier molecular flexibility index (Phi) is 4.50. The van der Waals surface area contributed by atoms with Crippen LogP contribution in [-0.2, 0) is 0 Å². The molecule has 3 heteroatoms. The lowest BCUT2D eigenvalue weighted by atomic mass is 10.1. The molecule has 0 radical (unpaired) electrons. The molecule has 1 N–H and O–H groups in total. The van der Waals surface area contributed by atoms with Crippen LogP contribution in [0.3, 0.4) is 0 Å². The fourth-order valence-corrected chi connectivity index (χ4v) is 1.51. The van der Waals surface area contributed by atoms with E-state index in [2.05, 4.69) is 35.3 Å². The zero-order valence-electron chi connectivity index (χ0n) is 9.42. The Hall–Kier alpha value is -1.15. The number of benzene rings is 1. The van der Waals surface area contributed by atoms with E-state index in [0.717, 1.165) is 12.2 Å². The third-order valence-corrected chi connectivity index (χ3v) is 2.38. The number of rotatable bonds is 4. The molecule has 0 spiro atoms. The molecule has 0 fully saturated rings. The standard InChI is InChI=1S/C12H17ClN2/c1-10-5-6-11(14-8-4-7-13)9-12(10)15(2)3/h4-7,9,14H,8H2,1-3H3/b7-4+. The minimum absolute atomic E-state index is 0.749. The summed E-state index contributed by atoms with van der Waals surface area (Å²) in [7, 11) is 4.09. The molecule has 0 aliphatic carbocycles. The molecule has 0 aromatic heterocycles. The van der Waals surface area contributed by atoms with Crippen molar-refractivity contribution in [1.29, 1.82) is 0 Å². The fraction of sp³-hybridized carbons (Fsp3) is 0.333. The predicted octanol–water partition coefficient (Wildman–Crippen LogP) is 3.23. The van der Waals surface area contributed by atoms with Gasteiger partial charge in [-0.3, -0.25) is 0 Å². The smallest absolute Gasteiger partial charge is 0.0411 e. The van der Waals surface area contributed by atoms with Crippen LogP contribution >= 0.6 is 11.6 Å². The Morgan fingerprint density at radius 1 is 1.40 bits per heavy atom. The van der Waals surface area contributed by atoms with Crippen LogP contribution < -0.4 is 10.2 Å². The first-order valence-electron chi connectivity index (χ1n) is 4.92. The van der Waals surface area contributed by atoms with Gasteiger partial charge in [-0.1, -0.05) is 23.7 Å². The van der Waals surface area contributed by atoms with E-state index in [0.29, 0.717) is 0 Å². The zero-order valence-corrected chi connectivity index (χ0v) is 10.2. The van der Waals surface area contributed by atoms with Crippen molar-refractivity contribution < 1.29 is 0 Å². The number of halogens is 1. The maximum atomic E-state index is 5.45. The van der Waals surface area contributed by atoms with Crippen molar-refractivity contribution in [3.63, 3.8) is 0 Å². The maximum absolute atomic E-state index is 5.45. The summed E-state index contributed by atoms with van der Waals surface area (Å²) in [6.07, 6.45) is 1.87. The monoisotopic (exact) mass is 224 g/mol. The molecule has 0 saturated carbocycles. The van der Waals surface area contributed by atoms with Crippen LogP contribution in [0.25, 0.3) is 0 Å². The van der Waals surface area contributed by atoms with E-state index in [1.165, 1.54) is 16.8 Å². The highest BCUT2D eigenvalue weighted by molar-refractivity contribution is 6.25. The maximum Gasteiger partial charge on any atom is 0.0411 e. The lowest BCUT2D eigenvalue weighted by Crippen LogP contribution is -2.10. The Morgan fingerprint density at radius 2 is 2.13 bits per heavy atom. The Labute approximate surface area is 96.5 Å². The summed E-state index contributed by atoms with van der Waals surface area (Å²) < 4.78 is 0. The average molecular weight is 225 g/mol. The van der Waals surface area contributed by atoms with Crippen LogP contribution in [0, 0.1) is 6.92 Å². The molecule has 0 aliphatic heterocycles. The molecule has 0 bridgehead atoms. The van der Waals surface area contributed by atoms with Crippen LogP contribution in [0.4, 0.5) is 11.4 Å². The molecule has 15 heavy (non-hydrogen) atoms. The first-order valence-corrected chi connectivity index (χ1v) is 5.36. The zero-order chi connectivity index (χ0) is 11.3. The highest BCUT2D eigenvalue weighted by Gasteiger charge is 2.01. The van der Waals surface area contributed by atoms with Gasteiger partial charge in [-0.25, -0.2) is 0 Å². The molecule has 0 saturated heterocycles. The topological polar surface area (TPSA) is 15.3 Å². The van der Waals surface area contributed by atoms with E-state index in [-0.39, 0.29) is 0 Å². The minimum atomic E-state index is 0.749. The molecule has 1 rings (SSSR count). The summed E-state index contributed by atoms with van der Waals surface area (Å²) in [4.78, 5) is 2.11. The Balaban J connectivity index is 2.78. The molecule has 2 nitrogen and oxygen atoms in total.